The first-order valence-electron chi connectivity index (χ1n) is 5.78. The van der Waals surface area contributed by atoms with Gasteiger partial charge in [0.15, 0.2) is 0 Å². The van der Waals surface area contributed by atoms with E-state index in [1.165, 1.54) is 11.8 Å². The molecule has 5 nitrogen and oxygen atoms in total. The van der Waals surface area contributed by atoms with Crippen LogP contribution in [0.4, 0.5) is 5.69 Å². The second-order valence-electron chi connectivity index (χ2n) is 3.83. The number of benzene rings is 1. The Balaban J connectivity index is 1.88. The molecule has 2 rings (SSSR count). The van der Waals surface area contributed by atoms with Crippen LogP contribution in [0, 0.1) is 0 Å². The Hall–Kier alpha value is -0.890. The maximum atomic E-state index is 11.9. The van der Waals surface area contributed by atoms with E-state index < -0.39 is 0 Å². The summed E-state index contributed by atoms with van der Waals surface area (Å²) >= 11 is 14.6. The number of hydrogen-bond acceptors (Lipinski definition) is 6. The van der Waals surface area contributed by atoms with Crippen molar-refractivity contribution >= 4 is 58.3 Å². The number of carbonyl (C=O) groups excluding carboxylic acids is 1. The molecule has 21 heavy (non-hydrogen) atoms. The molecule has 0 saturated carbocycles. The number of halogens is 2. The Morgan fingerprint density at radius 2 is 2.19 bits per heavy atom. The second-order valence-corrected chi connectivity index (χ2v) is 6.41. The lowest BCUT2D eigenvalue weighted by molar-refractivity contribution is -0.113. The zero-order chi connectivity index (χ0) is 15.2. The fourth-order valence-corrected chi connectivity index (χ4v) is 2.68. The third-order valence-electron chi connectivity index (χ3n) is 2.27. The van der Waals surface area contributed by atoms with E-state index in [1.54, 1.807) is 30.0 Å². The van der Waals surface area contributed by atoms with Gasteiger partial charge in [-0.3, -0.25) is 4.79 Å². The molecule has 0 radical (unpaired) electrons. The maximum absolute atomic E-state index is 11.9. The molecule has 0 saturated heterocycles. The first-order chi connectivity index (χ1) is 10.1. The minimum absolute atomic E-state index is 0.143. The first kappa shape index (κ1) is 16.5. The molecule has 1 aromatic heterocycles. The fraction of sp³-hybridized carbons (Fsp3) is 0.250. The van der Waals surface area contributed by atoms with E-state index in [4.69, 9.17) is 27.6 Å². The van der Waals surface area contributed by atoms with Gasteiger partial charge in [0, 0.05) is 0 Å². The highest BCUT2D eigenvalue weighted by atomic mass is 35.5. The van der Waals surface area contributed by atoms with Crippen LogP contribution in [0.25, 0.3) is 0 Å². The van der Waals surface area contributed by atoms with Gasteiger partial charge in [0.1, 0.15) is 0 Å². The Kier molecular flexibility index (Phi) is 6.22. The predicted molar refractivity (Wildman–Crippen MR) is 87.3 cm³/mol. The third-order valence-corrected chi connectivity index (χ3v) is 4.44. The summed E-state index contributed by atoms with van der Waals surface area (Å²) < 4.78 is 5.36. The summed E-state index contributed by atoms with van der Waals surface area (Å²) in [6.07, 6.45) is 1.94. The van der Waals surface area contributed by atoms with Crippen molar-refractivity contribution in [2.45, 2.75) is 11.0 Å². The van der Waals surface area contributed by atoms with Gasteiger partial charge in [-0.25, -0.2) is 0 Å². The van der Waals surface area contributed by atoms with E-state index in [-0.39, 0.29) is 11.7 Å². The van der Waals surface area contributed by atoms with Crippen molar-refractivity contribution in [3.05, 3.63) is 34.1 Å². The first-order valence-corrected chi connectivity index (χ1v) is 8.91. The Morgan fingerprint density at radius 1 is 1.38 bits per heavy atom. The zero-order valence-corrected chi connectivity index (χ0v) is 14.1. The van der Waals surface area contributed by atoms with Gasteiger partial charge in [0.25, 0.3) is 5.22 Å². The number of carbonyl (C=O) groups is 1. The van der Waals surface area contributed by atoms with Crippen LogP contribution >= 0.6 is 46.7 Å². The minimum atomic E-state index is -0.228. The van der Waals surface area contributed by atoms with Crippen LogP contribution in [0.3, 0.4) is 0 Å². The Bertz CT molecular complexity index is 637. The molecular weight excluding hydrogens is 353 g/mol. The van der Waals surface area contributed by atoms with Crippen LogP contribution in [-0.2, 0) is 10.5 Å². The smallest absolute Gasteiger partial charge is 0.277 e. The quantitative estimate of drug-likeness (QED) is 0.783. The Morgan fingerprint density at radius 3 is 2.95 bits per heavy atom. The van der Waals surface area contributed by atoms with E-state index in [0.717, 1.165) is 0 Å². The largest absolute Gasteiger partial charge is 0.415 e. The molecule has 1 amide bonds. The van der Waals surface area contributed by atoms with Gasteiger partial charge in [0.05, 0.1) is 27.2 Å². The average molecular weight is 364 g/mol. The molecule has 0 aliphatic carbocycles. The molecule has 2 aromatic rings. The molecule has 0 bridgehead atoms. The molecule has 0 aliphatic heterocycles. The van der Waals surface area contributed by atoms with Crippen molar-refractivity contribution in [3.8, 4) is 0 Å². The zero-order valence-electron chi connectivity index (χ0n) is 10.9. The van der Waals surface area contributed by atoms with Crippen LogP contribution in [0.1, 0.15) is 5.89 Å². The van der Waals surface area contributed by atoms with Crippen molar-refractivity contribution in [1.29, 1.82) is 0 Å². The summed E-state index contributed by atoms with van der Waals surface area (Å²) in [5.41, 5.74) is 0.475. The van der Waals surface area contributed by atoms with Crippen molar-refractivity contribution in [2.24, 2.45) is 0 Å². The van der Waals surface area contributed by atoms with E-state index >= 15 is 0 Å². The highest BCUT2D eigenvalue weighted by Crippen LogP contribution is 2.29. The molecule has 0 fully saturated rings. The SMILES string of the molecule is CSCc1nnc(SCC(=O)Nc2cccc(Cl)c2Cl)o1. The normalized spacial score (nSPS) is 10.6. The number of amides is 1. The second kappa shape index (κ2) is 7.93. The lowest BCUT2D eigenvalue weighted by Crippen LogP contribution is -2.14. The fourth-order valence-electron chi connectivity index (χ4n) is 1.39. The summed E-state index contributed by atoms with van der Waals surface area (Å²) in [4.78, 5) is 11.9. The van der Waals surface area contributed by atoms with Gasteiger partial charge in [-0.15, -0.1) is 10.2 Å². The van der Waals surface area contributed by atoms with Crippen molar-refractivity contribution < 1.29 is 9.21 Å². The Labute approximate surface area is 140 Å². The molecule has 112 valence electrons. The van der Waals surface area contributed by atoms with Gasteiger partial charge in [-0.1, -0.05) is 41.0 Å². The summed E-state index contributed by atoms with van der Waals surface area (Å²) in [7, 11) is 0. The highest BCUT2D eigenvalue weighted by Gasteiger charge is 2.11. The van der Waals surface area contributed by atoms with Crippen LogP contribution in [0.5, 0.6) is 0 Å². The molecule has 0 unspecified atom stereocenters. The molecule has 0 atom stereocenters. The number of nitrogens with one attached hydrogen (secondary N) is 1. The van der Waals surface area contributed by atoms with Crippen molar-refractivity contribution in [2.75, 3.05) is 17.3 Å². The van der Waals surface area contributed by atoms with Crippen molar-refractivity contribution in [3.63, 3.8) is 0 Å². The number of aromatic nitrogens is 2. The topological polar surface area (TPSA) is 68.0 Å². The van der Waals surface area contributed by atoms with Crippen LogP contribution < -0.4 is 5.32 Å². The van der Waals surface area contributed by atoms with Gasteiger partial charge in [0.2, 0.25) is 11.8 Å². The van der Waals surface area contributed by atoms with E-state index in [9.17, 15) is 4.79 Å². The lowest BCUT2D eigenvalue weighted by atomic mass is 10.3. The number of thioether (sulfide) groups is 2. The number of anilines is 1. The standard InChI is InChI=1S/C12H11Cl2N3O2S2/c1-20-6-10-16-17-12(19-10)21-5-9(18)15-8-4-2-3-7(13)11(8)14/h2-4H,5-6H2,1H3,(H,15,18). The molecule has 0 spiro atoms. The average Bonchev–Trinajstić information content (AvgIpc) is 2.90. The summed E-state index contributed by atoms with van der Waals surface area (Å²) in [5.74, 6) is 1.11. The van der Waals surface area contributed by atoms with Crippen LogP contribution in [0.2, 0.25) is 10.0 Å². The monoisotopic (exact) mass is 363 g/mol. The molecular formula is C12H11Cl2N3O2S2. The van der Waals surface area contributed by atoms with Gasteiger partial charge in [-0.2, -0.15) is 11.8 Å². The number of rotatable bonds is 6. The van der Waals surface area contributed by atoms with Crippen molar-refractivity contribution in [1.82, 2.24) is 10.2 Å². The summed E-state index contributed by atoms with van der Waals surface area (Å²) in [5, 5.41) is 11.5. The van der Waals surface area contributed by atoms with Gasteiger partial charge < -0.3 is 9.73 Å². The van der Waals surface area contributed by atoms with Crippen LogP contribution in [0.15, 0.2) is 27.8 Å². The van der Waals surface area contributed by atoms with E-state index in [2.05, 4.69) is 15.5 Å². The number of hydrogen-bond donors (Lipinski definition) is 1. The van der Waals surface area contributed by atoms with Gasteiger partial charge >= 0.3 is 0 Å². The van der Waals surface area contributed by atoms with Crippen LogP contribution in [-0.4, -0.2) is 28.1 Å². The summed E-state index contributed by atoms with van der Waals surface area (Å²) in [6, 6.07) is 5.05. The van der Waals surface area contributed by atoms with Gasteiger partial charge in [-0.05, 0) is 18.4 Å². The third kappa shape index (κ3) is 4.81. The molecule has 1 heterocycles. The molecule has 0 aliphatic rings. The van der Waals surface area contributed by atoms with E-state index in [0.29, 0.717) is 32.6 Å². The molecule has 9 heteroatoms. The predicted octanol–water partition coefficient (Wildman–Crippen LogP) is 3.97. The maximum Gasteiger partial charge on any atom is 0.277 e. The summed E-state index contributed by atoms with van der Waals surface area (Å²) in [6.45, 7) is 0. The minimum Gasteiger partial charge on any atom is -0.415 e. The lowest BCUT2D eigenvalue weighted by Gasteiger charge is -2.07. The highest BCUT2D eigenvalue weighted by molar-refractivity contribution is 7.99. The van der Waals surface area contributed by atoms with E-state index in [1.807, 2.05) is 6.26 Å². The number of nitrogens with zero attached hydrogens (tertiary/aromatic N) is 2. The molecule has 1 aromatic carbocycles. The molecule has 1 N–H and O–H groups in total.